The molecule has 0 amide bonds. The summed E-state index contributed by atoms with van der Waals surface area (Å²) in [4.78, 5) is 0. The van der Waals surface area contributed by atoms with Crippen LogP contribution in [-0.2, 0) is 0 Å². The molecule has 0 spiro atoms. The molecule has 0 atom stereocenters. The van der Waals surface area contributed by atoms with Crippen LogP contribution in [0.2, 0.25) is 0 Å². The molecule has 0 saturated heterocycles. The standard InChI is InChI=1S/C14H14N4O3/c1-19-13-7-9(17-15)3-5-11(13)21-12-6-4-10(18-16)8-14(12)20-2/h3-8,15-16H,1-2H3. The van der Waals surface area contributed by atoms with Gasteiger partial charge >= 0.3 is 0 Å². The molecule has 0 unspecified atom stereocenters. The molecule has 108 valence electrons. The fourth-order valence-corrected chi connectivity index (χ4v) is 1.74. The van der Waals surface area contributed by atoms with Crippen LogP contribution in [0, 0.1) is 11.1 Å². The van der Waals surface area contributed by atoms with Crippen LogP contribution < -0.4 is 14.2 Å². The molecule has 2 aromatic carbocycles. The smallest absolute Gasteiger partial charge is 0.169 e. The molecule has 0 saturated carbocycles. The van der Waals surface area contributed by atoms with Crippen molar-refractivity contribution in [2.24, 2.45) is 10.2 Å². The van der Waals surface area contributed by atoms with Crippen LogP contribution in [-0.4, -0.2) is 14.2 Å². The molecule has 7 heteroatoms. The molecule has 0 aromatic heterocycles. The quantitative estimate of drug-likeness (QED) is 0.744. The number of nitrogens with zero attached hydrogens (tertiary/aromatic N) is 2. The normalized spacial score (nSPS) is 9.81. The van der Waals surface area contributed by atoms with Gasteiger partial charge in [-0.1, -0.05) is 0 Å². The molecule has 0 aliphatic carbocycles. The minimum atomic E-state index is 0.458. The van der Waals surface area contributed by atoms with Gasteiger partial charge in [0.1, 0.15) is 0 Å². The second-order valence-corrected chi connectivity index (χ2v) is 4.00. The maximum absolute atomic E-state index is 7.00. The van der Waals surface area contributed by atoms with E-state index in [1.807, 2.05) is 0 Å². The first kappa shape index (κ1) is 14.4. The van der Waals surface area contributed by atoms with Gasteiger partial charge in [0.05, 0.1) is 25.6 Å². The Morgan fingerprint density at radius 3 is 1.48 bits per heavy atom. The third-order valence-electron chi connectivity index (χ3n) is 2.77. The van der Waals surface area contributed by atoms with E-state index in [1.165, 1.54) is 14.2 Å². The van der Waals surface area contributed by atoms with Crippen molar-refractivity contribution >= 4 is 11.4 Å². The lowest BCUT2D eigenvalue weighted by Crippen LogP contribution is -1.93. The first-order valence-corrected chi connectivity index (χ1v) is 6.00. The minimum absolute atomic E-state index is 0.458. The van der Waals surface area contributed by atoms with E-state index in [-0.39, 0.29) is 0 Å². The van der Waals surface area contributed by atoms with E-state index in [9.17, 15) is 0 Å². The highest BCUT2D eigenvalue weighted by atomic mass is 16.5. The van der Waals surface area contributed by atoms with Gasteiger partial charge in [-0.05, 0) is 24.3 Å². The number of hydrogen-bond acceptors (Lipinski definition) is 7. The largest absolute Gasteiger partial charge is 0.493 e. The van der Waals surface area contributed by atoms with Crippen molar-refractivity contribution in [3.8, 4) is 23.0 Å². The van der Waals surface area contributed by atoms with Gasteiger partial charge in [0.2, 0.25) is 0 Å². The second-order valence-electron chi connectivity index (χ2n) is 4.00. The Morgan fingerprint density at radius 2 is 1.14 bits per heavy atom. The number of methoxy groups -OCH3 is 2. The fraction of sp³-hybridized carbons (Fsp3) is 0.143. The summed E-state index contributed by atoms with van der Waals surface area (Å²) in [6, 6.07) is 9.81. The first-order chi connectivity index (χ1) is 10.2. The molecule has 0 heterocycles. The van der Waals surface area contributed by atoms with Crippen LogP contribution in [0.1, 0.15) is 0 Å². The maximum Gasteiger partial charge on any atom is 0.169 e. The molecular weight excluding hydrogens is 272 g/mol. The molecule has 7 nitrogen and oxygen atoms in total. The Bertz CT molecular complexity index is 616. The summed E-state index contributed by atoms with van der Waals surface area (Å²) in [5, 5.41) is 6.68. The van der Waals surface area contributed by atoms with E-state index < -0.39 is 0 Å². The van der Waals surface area contributed by atoms with Crippen LogP contribution in [0.25, 0.3) is 0 Å². The lowest BCUT2D eigenvalue weighted by Gasteiger charge is -2.13. The monoisotopic (exact) mass is 286 g/mol. The maximum atomic E-state index is 7.00. The molecule has 2 aromatic rings. The Morgan fingerprint density at radius 1 is 0.714 bits per heavy atom. The van der Waals surface area contributed by atoms with Crippen molar-refractivity contribution in [3.05, 3.63) is 36.4 Å². The molecular formula is C14H14N4O3. The zero-order chi connectivity index (χ0) is 15.2. The summed E-state index contributed by atoms with van der Waals surface area (Å²) in [7, 11) is 3.02. The van der Waals surface area contributed by atoms with E-state index in [0.29, 0.717) is 34.4 Å². The zero-order valence-corrected chi connectivity index (χ0v) is 11.6. The molecule has 0 bridgehead atoms. The third-order valence-corrected chi connectivity index (χ3v) is 2.77. The van der Waals surface area contributed by atoms with Crippen molar-refractivity contribution < 1.29 is 14.2 Å². The van der Waals surface area contributed by atoms with Crippen LogP contribution in [0.5, 0.6) is 23.0 Å². The molecule has 0 fully saturated rings. The number of benzene rings is 2. The van der Waals surface area contributed by atoms with Crippen molar-refractivity contribution in [3.63, 3.8) is 0 Å². The van der Waals surface area contributed by atoms with Crippen LogP contribution in [0.4, 0.5) is 11.4 Å². The summed E-state index contributed by atoms with van der Waals surface area (Å²) < 4.78 is 16.2. The number of rotatable bonds is 6. The highest BCUT2D eigenvalue weighted by Gasteiger charge is 2.11. The number of hydrogen-bond donors (Lipinski definition) is 2. The van der Waals surface area contributed by atoms with Crippen LogP contribution in [0.15, 0.2) is 46.6 Å². The predicted molar refractivity (Wildman–Crippen MR) is 75.7 cm³/mol. The van der Waals surface area contributed by atoms with Crippen LogP contribution in [0.3, 0.4) is 0 Å². The van der Waals surface area contributed by atoms with Crippen molar-refractivity contribution in [2.75, 3.05) is 14.2 Å². The van der Waals surface area contributed by atoms with Crippen molar-refractivity contribution in [2.45, 2.75) is 0 Å². The predicted octanol–water partition coefficient (Wildman–Crippen LogP) is 4.82. The van der Waals surface area contributed by atoms with Gasteiger partial charge in [0, 0.05) is 12.1 Å². The number of ether oxygens (including phenoxy) is 3. The zero-order valence-electron chi connectivity index (χ0n) is 11.6. The van der Waals surface area contributed by atoms with Crippen LogP contribution >= 0.6 is 0 Å². The van der Waals surface area contributed by atoms with Gasteiger partial charge in [-0.3, -0.25) is 0 Å². The van der Waals surface area contributed by atoms with E-state index in [0.717, 1.165) is 0 Å². The Labute approximate surface area is 121 Å². The summed E-state index contributed by atoms with van der Waals surface area (Å²) in [6.07, 6.45) is 0. The average Bonchev–Trinajstić information content (AvgIpc) is 2.55. The summed E-state index contributed by atoms with van der Waals surface area (Å²) in [5.74, 6) is 1.86. The van der Waals surface area contributed by atoms with Gasteiger partial charge in [-0.15, -0.1) is 0 Å². The van der Waals surface area contributed by atoms with Crippen molar-refractivity contribution in [1.29, 1.82) is 11.1 Å². The lowest BCUT2D eigenvalue weighted by molar-refractivity contribution is 0.356. The molecule has 0 aliphatic rings. The lowest BCUT2D eigenvalue weighted by atomic mass is 10.2. The SMILES string of the molecule is COc1cc(N=N)ccc1Oc1ccc(N=N)cc1OC. The minimum Gasteiger partial charge on any atom is -0.493 e. The third kappa shape index (κ3) is 3.14. The van der Waals surface area contributed by atoms with E-state index in [4.69, 9.17) is 25.3 Å². The molecule has 2 N–H and O–H groups in total. The first-order valence-electron chi connectivity index (χ1n) is 6.00. The highest BCUT2D eigenvalue weighted by molar-refractivity contribution is 5.56. The topological polar surface area (TPSA) is 100 Å². The van der Waals surface area contributed by atoms with E-state index in [2.05, 4.69) is 10.2 Å². The summed E-state index contributed by atoms with van der Waals surface area (Å²) in [6.45, 7) is 0. The highest BCUT2D eigenvalue weighted by Crippen LogP contribution is 2.39. The Hall–Kier alpha value is -2.96. The summed E-state index contributed by atoms with van der Waals surface area (Å²) in [5.41, 5.74) is 14.9. The van der Waals surface area contributed by atoms with Gasteiger partial charge in [0.25, 0.3) is 0 Å². The molecule has 0 aliphatic heterocycles. The van der Waals surface area contributed by atoms with E-state index in [1.54, 1.807) is 36.4 Å². The number of nitrogens with one attached hydrogen (secondary N) is 2. The van der Waals surface area contributed by atoms with Gasteiger partial charge in [-0.2, -0.15) is 10.2 Å². The Balaban J connectivity index is 2.37. The fourth-order valence-electron chi connectivity index (χ4n) is 1.74. The summed E-state index contributed by atoms with van der Waals surface area (Å²) >= 11 is 0. The molecule has 21 heavy (non-hydrogen) atoms. The van der Waals surface area contributed by atoms with E-state index >= 15 is 0 Å². The van der Waals surface area contributed by atoms with Gasteiger partial charge in [-0.25, -0.2) is 11.1 Å². The molecule has 2 rings (SSSR count). The van der Waals surface area contributed by atoms with Gasteiger partial charge in [0.15, 0.2) is 23.0 Å². The molecule has 0 radical (unpaired) electrons. The van der Waals surface area contributed by atoms with Crippen molar-refractivity contribution in [1.82, 2.24) is 0 Å². The second kappa shape index (κ2) is 6.47. The Kier molecular flexibility index (Phi) is 4.45. The van der Waals surface area contributed by atoms with Gasteiger partial charge < -0.3 is 14.2 Å². The average molecular weight is 286 g/mol.